The summed E-state index contributed by atoms with van der Waals surface area (Å²) < 4.78 is 0. The molecule has 0 rings (SSSR count). The Morgan fingerprint density at radius 2 is 1.36 bits per heavy atom. The van der Waals surface area contributed by atoms with E-state index in [-0.39, 0.29) is 0 Å². The van der Waals surface area contributed by atoms with Crippen molar-refractivity contribution in [3.63, 3.8) is 0 Å². The highest BCUT2D eigenvalue weighted by Gasteiger charge is 2.09. The fourth-order valence-corrected chi connectivity index (χ4v) is 1.55. The minimum absolute atomic E-state index is 0.523. The Morgan fingerprint density at radius 1 is 0.857 bits per heavy atom. The number of hydrogen-bond acceptors (Lipinski definition) is 2. The second kappa shape index (κ2) is 9.47. The van der Waals surface area contributed by atoms with Gasteiger partial charge in [0.15, 0.2) is 0 Å². The number of hydrogen-bond donors (Lipinski definition) is 2. The summed E-state index contributed by atoms with van der Waals surface area (Å²) in [5.74, 6) is 0. The molecule has 0 aliphatic rings. The maximum Gasteiger partial charge on any atom is 0.0796 e. The molecule has 14 heavy (non-hydrogen) atoms. The Balaban J connectivity index is 3.06. The van der Waals surface area contributed by atoms with Crippen molar-refractivity contribution in [2.75, 3.05) is 0 Å². The molecule has 0 aromatic rings. The first-order valence-corrected chi connectivity index (χ1v) is 6.04. The molecule has 0 bridgehead atoms. The zero-order chi connectivity index (χ0) is 10.8. The Morgan fingerprint density at radius 3 is 1.86 bits per heavy atom. The molecule has 2 nitrogen and oxygen atoms in total. The van der Waals surface area contributed by atoms with E-state index >= 15 is 0 Å². The highest BCUT2D eigenvalue weighted by molar-refractivity contribution is 4.61. The van der Waals surface area contributed by atoms with Crippen molar-refractivity contribution < 1.29 is 10.2 Å². The van der Waals surface area contributed by atoms with Crippen molar-refractivity contribution in [1.29, 1.82) is 0 Å². The quantitative estimate of drug-likeness (QED) is 0.564. The molecule has 0 saturated carbocycles. The lowest BCUT2D eigenvalue weighted by Gasteiger charge is -2.12. The molecule has 0 amide bonds. The Hall–Kier alpha value is -0.0800. The lowest BCUT2D eigenvalue weighted by molar-refractivity contribution is 0.0247. The average molecular weight is 202 g/mol. The number of rotatable bonds is 9. The molecule has 0 aromatic heterocycles. The van der Waals surface area contributed by atoms with E-state index in [0.29, 0.717) is 0 Å². The first-order chi connectivity index (χ1) is 6.68. The van der Waals surface area contributed by atoms with E-state index < -0.39 is 12.2 Å². The van der Waals surface area contributed by atoms with Crippen molar-refractivity contribution in [1.82, 2.24) is 0 Å². The molecule has 0 heterocycles. The van der Waals surface area contributed by atoms with Gasteiger partial charge in [-0.1, -0.05) is 51.9 Å². The minimum Gasteiger partial charge on any atom is -0.391 e. The third kappa shape index (κ3) is 8.52. The molecule has 0 spiro atoms. The normalized spacial score (nSPS) is 15.4. The first-order valence-electron chi connectivity index (χ1n) is 6.04. The van der Waals surface area contributed by atoms with Crippen LogP contribution in [0.2, 0.25) is 0 Å². The predicted octanol–water partition coefficient (Wildman–Crippen LogP) is 2.87. The lowest BCUT2D eigenvalue weighted by Crippen LogP contribution is -2.21. The number of unbranched alkanes of at least 4 members (excludes halogenated alkanes) is 6. The van der Waals surface area contributed by atoms with Crippen molar-refractivity contribution in [2.45, 2.75) is 77.4 Å². The summed E-state index contributed by atoms with van der Waals surface area (Å²) in [6, 6.07) is 0. The minimum atomic E-state index is -0.574. The lowest BCUT2D eigenvalue weighted by atomic mass is 10.0. The molecular formula is C12H26O2. The van der Waals surface area contributed by atoms with Crippen molar-refractivity contribution >= 4 is 0 Å². The van der Waals surface area contributed by atoms with Gasteiger partial charge >= 0.3 is 0 Å². The van der Waals surface area contributed by atoms with Crippen LogP contribution in [-0.2, 0) is 0 Å². The topological polar surface area (TPSA) is 40.5 Å². The standard InChI is InChI=1S/C12H26O2/c1-3-4-5-6-7-8-9-10-12(14)11(2)13/h11-14H,3-10H2,1-2H3/t11-,12-/m0/s1. The van der Waals surface area contributed by atoms with Gasteiger partial charge in [0.1, 0.15) is 0 Å². The Kier molecular flexibility index (Phi) is 9.42. The largest absolute Gasteiger partial charge is 0.391 e. The SMILES string of the molecule is CCCCCCCCC[C@H](O)[C@H](C)O. The van der Waals surface area contributed by atoms with E-state index in [2.05, 4.69) is 6.92 Å². The van der Waals surface area contributed by atoms with Crippen LogP contribution in [0.1, 0.15) is 65.2 Å². The molecule has 0 unspecified atom stereocenters. The van der Waals surface area contributed by atoms with E-state index in [0.717, 1.165) is 12.8 Å². The molecule has 0 saturated heterocycles. The Bertz CT molecular complexity index is 113. The maximum atomic E-state index is 9.32. The third-order valence-corrected chi connectivity index (χ3v) is 2.66. The van der Waals surface area contributed by atoms with Gasteiger partial charge in [0.05, 0.1) is 12.2 Å². The summed E-state index contributed by atoms with van der Waals surface area (Å²) in [6.45, 7) is 3.87. The molecule has 0 aliphatic heterocycles. The van der Waals surface area contributed by atoms with E-state index in [9.17, 15) is 5.11 Å². The van der Waals surface area contributed by atoms with Crippen LogP contribution in [0.15, 0.2) is 0 Å². The van der Waals surface area contributed by atoms with Gasteiger partial charge in [-0.2, -0.15) is 0 Å². The highest BCUT2D eigenvalue weighted by Crippen LogP contribution is 2.10. The molecule has 2 N–H and O–H groups in total. The molecule has 2 atom stereocenters. The van der Waals surface area contributed by atoms with Crippen LogP contribution in [0.5, 0.6) is 0 Å². The molecule has 0 aromatic carbocycles. The van der Waals surface area contributed by atoms with Gasteiger partial charge in [-0.3, -0.25) is 0 Å². The van der Waals surface area contributed by atoms with Gasteiger partial charge in [-0.05, 0) is 13.3 Å². The van der Waals surface area contributed by atoms with E-state index in [1.54, 1.807) is 6.92 Å². The zero-order valence-corrected chi connectivity index (χ0v) is 9.71. The predicted molar refractivity (Wildman–Crippen MR) is 60.3 cm³/mol. The van der Waals surface area contributed by atoms with Gasteiger partial charge in [0.2, 0.25) is 0 Å². The van der Waals surface area contributed by atoms with Crippen LogP contribution >= 0.6 is 0 Å². The van der Waals surface area contributed by atoms with E-state index in [4.69, 9.17) is 5.11 Å². The first kappa shape index (κ1) is 13.9. The third-order valence-electron chi connectivity index (χ3n) is 2.66. The molecule has 86 valence electrons. The molecule has 0 fully saturated rings. The van der Waals surface area contributed by atoms with Gasteiger partial charge in [0, 0.05) is 0 Å². The number of aliphatic hydroxyl groups excluding tert-OH is 2. The fraction of sp³-hybridized carbons (Fsp3) is 1.00. The van der Waals surface area contributed by atoms with Crippen LogP contribution in [0.4, 0.5) is 0 Å². The summed E-state index contributed by atoms with van der Waals surface area (Å²) in [5.41, 5.74) is 0. The van der Waals surface area contributed by atoms with Crippen molar-refractivity contribution in [2.24, 2.45) is 0 Å². The maximum absolute atomic E-state index is 9.32. The molecular weight excluding hydrogens is 176 g/mol. The van der Waals surface area contributed by atoms with Crippen LogP contribution in [-0.4, -0.2) is 22.4 Å². The molecule has 0 radical (unpaired) electrons. The smallest absolute Gasteiger partial charge is 0.0796 e. The molecule has 2 heteroatoms. The average Bonchev–Trinajstić information content (AvgIpc) is 2.16. The van der Waals surface area contributed by atoms with Crippen molar-refractivity contribution in [3.05, 3.63) is 0 Å². The molecule has 0 aliphatic carbocycles. The van der Waals surface area contributed by atoms with Gasteiger partial charge in [-0.25, -0.2) is 0 Å². The second-order valence-electron chi connectivity index (χ2n) is 4.22. The van der Waals surface area contributed by atoms with Crippen molar-refractivity contribution in [3.8, 4) is 0 Å². The second-order valence-corrected chi connectivity index (χ2v) is 4.22. The van der Waals surface area contributed by atoms with Crippen LogP contribution < -0.4 is 0 Å². The van der Waals surface area contributed by atoms with E-state index in [1.807, 2.05) is 0 Å². The van der Waals surface area contributed by atoms with Gasteiger partial charge in [0.25, 0.3) is 0 Å². The van der Waals surface area contributed by atoms with Crippen LogP contribution in [0.3, 0.4) is 0 Å². The van der Waals surface area contributed by atoms with Gasteiger partial charge in [-0.15, -0.1) is 0 Å². The summed E-state index contributed by atoms with van der Waals surface area (Å²) in [7, 11) is 0. The summed E-state index contributed by atoms with van der Waals surface area (Å²) in [6.07, 6.45) is 8.44. The summed E-state index contributed by atoms with van der Waals surface area (Å²) in [5, 5.41) is 18.4. The fourth-order valence-electron chi connectivity index (χ4n) is 1.55. The van der Waals surface area contributed by atoms with Crippen LogP contribution in [0, 0.1) is 0 Å². The van der Waals surface area contributed by atoms with E-state index in [1.165, 1.54) is 38.5 Å². The Labute approximate surface area is 88.3 Å². The summed E-state index contributed by atoms with van der Waals surface area (Å²) >= 11 is 0. The highest BCUT2D eigenvalue weighted by atomic mass is 16.3. The zero-order valence-electron chi connectivity index (χ0n) is 9.71. The van der Waals surface area contributed by atoms with Gasteiger partial charge < -0.3 is 10.2 Å². The number of aliphatic hydroxyl groups is 2. The van der Waals surface area contributed by atoms with Crippen LogP contribution in [0.25, 0.3) is 0 Å². The summed E-state index contributed by atoms with van der Waals surface area (Å²) in [4.78, 5) is 0. The monoisotopic (exact) mass is 202 g/mol.